The van der Waals surface area contributed by atoms with Crippen molar-refractivity contribution in [2.45, 2.75) is 6.54 Å². The standard InChI is InChI=1S/C13H10F3N/c14-11-6-5-10(12(15)13(11)16)9-3-1-8(7-17)2-4-9/h1-6H,7,17H2. The lowest BCUT2D eigenvalue weighted by molar-refractivity contribution is 0.449. The van der Waals surface area contributed by atoms with Crippen LogP contribution in [0.2, 0.25) is 0 Å². The van der Waals surface area contributed by atoms with Crippen molar-refractivity contribution in [3.8, 4) is 11.1 Å². The third-order valence-electron chi connectivity index (χ3n) is 2.54. The van der Waals surface area contributed by atoms with Crippen LogP contribution in [0.1, 0.15) is 5.56 Å². The molecule has 88 valence electrons. The summed E-state index contributed by atoms with van der Waals surface area (Å²) >= 11 is 0. The maximum absolute atomic E-state index is 13.5. The number of benzene rings is 2. The van der Waals surface area contributed by atoms with Crippen molar-refractivity contribution in [1.29, 1.82) is 0 Å². The first-order valence-electron chi connectivity index (χ1n) is 5.06. The molecule has 0 bridgehead atoms. The first-order chi connectivity index (χ1) is 8.13. The predicted octanol–water partition coefficient (Wildman–Crippen LogP) is 3.23. The highest BCUT2D eigenvalue weighted by Gasteiger charge is 2.14. The molecule has 0 fully saturated rings. The molecule has 0 unspecified atom stereocenters. The van der Waals surface area contributed by atoms with Crippen LogP contribution in [-0.2, 0) is 6.54 Å². The molecule has 0 saturated carbocycles. The Labute approximate surface area is 96.7 Å². The van der Waals surface area contributed by atoms with E-state index in [0.29, 0.717) is 12.1 Å². The molecule has 0 aliphatic heterocycles. The Morgan fingerprint density at radius 1 is 0.824 bits per heavy atom. The van der Waals surface area contributed by atoms with Crippen LogP contribution in [0.4, 0.5) is 13.2 Å². The van der Waals surface area contributed by atoms with Gasteiger partial charge in [0.25, 0.3) is 0 Å². The third kappa shape index (κ3) is 2.17. The Bertz CT molecular complexity index is 535. The third-order valence-corrected chi connectivity index (χ3v) is 2.54. The van der Waals surface area contributed by atoms with E-state index in [1.165, 1.54) is 6.07 Å². The van der Waals surface area contributed by atoms with Gasteiger partial charge in [0, 0.05) is 12.1 Å². The van der Waals surface area contributed by atoms with Gasteiger partial charge in [-0.05, 0) is 23.3 Å². The summed E-state index contributed by atoms with van der Waals surface area (Å²) < 4.78 is 39.3. The molecule has 2 aromatic rings. The van der Waals surface area contributed by atoms with E-state index in [-0.39, 0.29) is 5.56 Å². The highest BCUT2D eigenvalue weighted by atomic mass is 19.2. The summed E-state index contributed by atoms with van der Waals surface area (Å²) in [6.45, 7) is 0.376. The second-order valence-corrected chi connectivity index (χ2v) is 3.62. The van der Waals surface area contributed by atoms with Crippen LogP contribution in [0.25, 0.3) is 11.1 Å². The summed E-state index contributed by atoms with van der Waals surface area (Å²) in [6, 6.07) is 8.80. The van der Waals surface area contributed by atoms with E-state index in [2.05, 4.69) is 0 Å². The van der Waals surface area contributed by atoms with Crippen molar-refractivity contribution in [3.63, 3.8) is 0 Å². The van der Waals surface area contributed by atoms with Gasteiger partial charge in [-0.2, -0.15) is 0 Å². The molecule has 2 aromatic carbocycles. The molecule has 0 spiro atoms. The minimum atomic E-state index is -1.45. The maximum atomic E-state index is 13.5. The Balaban J connectivity index is 2.49. The molecule has 0 aromatic heterocycles. The molecule has 2 N–H and O–H groups in total. The lowest BCUT2D eigenvalue weighted by atomic mass is 10.0. The van der Waals surface area contributed by atoms with Gasteiger partial charge in [-0.15, -0.1) is 0 Å². The average Bonchev–Trinajstić information content (AvgIpc) is 2.36. The number of nitrogens with two attached hydrogens (primary N) is 1. The van der Waals surface area contributed by atoms with Crippen molar-refractivity contribution in [2.75, 3.05) is 0 Å². The van der Waals surface area contributed by atoms with Gasteiger partial charge < -0.3 is 5.73 Å². The summed E-state index contributed by atoms with van der Waals surface area (Å²) in [5.41, 5.74) is 6.83. The number of rotatable bonds is 2. The zero-order valence-corrected chi connectivity index (χ0v) is 8.88. The van der Waals surface area contributed by atoms with Crippen LogP contribution >= 0.6 is 0 Å². The van der Waals surface area contributed by atoms with Gasteiger partial charge in [0.1, 0.15) is 0 Å². The van der Waals surface area contributed by atoms with Crippen LogP contribution < -0.4 is 5.73 Å². The van der Waals surface area contributed by atoms with Gasteiger partial charge in [0.2, 0.25) is 0 Å². The zero-order chi connectivity index (χ0) is 12.4. The molecule has 17 heavy (non-hydrogen) atoms. The summed E-state index contributed by atoms with van der Waals surface area (Å²) in [7, 11) is 0. The molecule has 0 heterocycles. The Morgan fingerprint density at radius 2 is 1.47 bits per heavy atom. The molecule has 0 saturated heterocycles. The van der Waals surface area contributed by atoms with Gasteiger partial charge in [0.15, 0.2) is 17.5 Å². The Kier molecular flexibility index (Phi) is 3.15. The van der Waals surface area contributed by atoms with E-state index in [4.69, 9.17) is 5.73 Å². The van der Waals surface area contributed by atoms with Crippen molar-refractivity contribution < 1.29 is 13.2 Å². The van der Waals surface area contributed by atoms with Crippen molar-refractivity contribution in [3.05, 3.63) is 59.4 Å². The van der Waals surface area contributed by atoms with Crippen LogP contribution in [0.5, 0.6) is 0 Å². The fraction of sp³-hybridized carbons (Fsp3) is 0.0769. The van der Waals surface area contributed by atoms with Gasteiger partial charge in [0.05, 0.1) is 0 Å². The summed E-state index contributed by atoms with van der Waals surface area (Å²) in [4.78, 5) is 0. The van der Waals surface area contributed by atoms with E-state index in [9.17, 15) is 13.2 Å². The monoisotopic (exact) mass is 237 g/mol. The second-order valence-electron chi connectivity index (χ2n) is 3.62. The molecular weight excluding hydrogens is 227 g/mol. The smallest absolute Gasteiger partial charge is 0.195 e. The Hall–Kier alpha value is -1.81. The second kappa shape index (κ2) is 4.59. The number of halogens is 3. The molecule has 2 rings (SSSR count). The van der Waals surface area contributed by atoms with E-state index in [0.717, 1.165) is 11.6 Å². The van der Waals surface area contributed by atoms with Gasteiger partial charge >= 0.3 is 0 Å². The highest BCUT2D eigenvalue weighted by molar-refractivity contribution is 5.64. The fourth-order valence-electron chi connectivity index (χ4n) is 1.57. The van der Waals surface area contributed by atoms with Gasteiger partial charge in [-0.25, -0.2) is 13.2 Å². The predicted molar refractivity (Wildman–Crippen MR) is 59.6 cm³/mol. The molecule has 4 heteroatoms. The highest BCUT2D eigenvalue weighted by Crippen LogP contribution is 2.26. The minimum absolute atomic E-state index is 0.0347. The minimum Gasteiger partial charge on any atom is -0.326 e. The van der Waals surface area contributed by atoms with E-state index >= 15 is 0 Å². The van der Waals surface area contributed by atoms with Crippen LogP contribution in [0, 0.1) is 17.5 Å². The molecule has 0 amide bonds. The van der Waals surface area contributed by atoms with E-state index < -0.39 is 17.5 Å². The van der Waals surface area contributed by atoms with Crippen LogP contribution in [0.15, 0.2) is 36.4 Å². The SMILES string of the molecule is NCc1ccc(-c2ccc(F)c(F)c2F)cc1. The average molecular weight is 237 g/mol. The lowest BCUT2D eigenvalue weighted by Crippen LogP contribution is -1.96. The lowest BCUT2D eigenvalue weighted by Gasteiger charge is -2.05. The molecular formula is C13H10F3N. The van der Waals surface area contributed by atoms with Crippen molar-refractivity contribution >= 4 is 0 Å². The van der Waals surface area contributed by atoms with Crippen LogP contribution in [0.3, 0.4) is 0 Å². The molecule has 0 radical (unpaired) electrons. The number of hydrogen-bond acceptors (Lipinski definition) is 1. The molecule has 1 nitrogen and oxygen atoms in total. The Morgan fingerprint density at radius 3 is 2.06 bits per heavy atom. The van der Waals surface area contributed by atoms with Crippen molar-refractivity contribution in [1.82, 2.24) is 0 Å². The van der Waals surface area contributed by atoms with E-state index in [1.54, 1.807) is 24.3 Å². The number of hydrogen-bond donors (Lipinski definition) is 1. The molecule has 0 aliphatic carbocycles. The van der Waals surface area contributed by atoms with Crippen molar-refractivity contribution in [2.24, 2.45) is 5.73 Å². The normalized spacial score (nSPS) is 10.6. The van der Waals surface area contributed by atoms with Crippen LogP contribution in [-0.4, -0.2) is 0 Å². The van der Waals surface area contributed by atoms with E-state index in [1.807, 2.05) is 0 Å². The summed E-state index contributed by atoms with van der Waals surface area (Å²) in [6.07, 6.45) is 0. The molecule has 0 aliphatic rings. The first kappa shape index (κ1) is 11.7. The summed E-state index contributed by atoms with van der Waals surface area (Å²) in [5, 5.41) is 0. The summed E-state index contributed by atoms with van der Waals surface area (Å²) in [5.74, 6) is -3.82. The molecule has 0 atom stereocenters. The maximum Gasteiger partial charge on any atom is 0.195 e. The zero-order valence-electron chi connectivity index (χ0n) is 8.88. The fourth-order valence-corrected chi connectivity index (χ4v) is 1.57. The van der Waals surface area contributed by atoms with Gasteiger partial charge in [-0.3, -0.25) is 0 Å². The quantitative estimate of drug-likeness (QED) is 0.797. The topological polar surface area (TPSA) is 26.0 Å². The first-order valence-corrected chi connectivity index (χ1v) is 5.06. The largest absolute Gasteiger partial charge is 0.326 e. The van der Waals surface area contributed by atoms with Gasteiger partial charge in [-0.1, -0.05) is 24.3 Å².